The average molecular weight is 357 g/mol. The van der Waals surface area contributed by atoms with E-state index < -0.39 is 0 Å². The second-order valence-corrected chi connectivity index (χ2v) is 6.46. The van der Waals surface area contributed by atoms with Crippen molar-refractivity contribution in [1.29, 1.82) is 0 Å². The summed E-state index contributed by atoms with van der Waals surface area (Å²) in [5, 5.41) is 9.74. The van der Waals surface area contributed by atoms with E-state index in [1.54, 1.807) is 37.6 Å². The van der Waals surface area contributed by atoms with Gasteiger partial charge in [0, 0.05) is 23.8 Å². The third-order valence-corrected chi connectivity index (χ3v) is 4.42. The summed E-state index contributed by atoms with van der Waals surface area (Å²) in [5.41, 5.74) is 7.10. The number of ether oxygens (including phenoxy) is 1. The maximum atomic E-state index is 12.2. The molecule has 0 spiro atoms. The van der Waals surface area contributed by atoms with Crippen LogP contribution in [0.25, 0.3) is 0 Å². The normalized spacial score (nSPS) is 19.2. The number of nitrogens with two attached hydrogens (primary N) is 1. The van der Waals surface area contributed by atoms with Gasteiger partial charge in [0.2, 0.25) is 11.8 Å². The monoisotopic (exact) mass is 357 g/mol. The Morgan fingerprint density at radius 3 is 2.65 bits per heavy atom. The third-order valence-electron chi connectivity index (χ3n) is 4.42. The highest BCUT2D eigenvalue weighted by molar-refractivity contribution is 5.93. The van der Waals surface area contributed by atoms with Crippen molar-refractivity contribution >= 4 is 23.2 Å². The molecule has 0 aliphatic heterocycles. The van der Waals surface area contributed by atoms with E-state index in [9.17, 15) is 9.59 Å². The smallest absolute Gasteiger partial charge is 0.246 e. The quantitative estimate of drug-likeness (QED) is 0.727. The number of amides is 2. The van der Waals surface area contributed by atoms with Gasteiger partial charge in [-0.2, -0.15) is 5.10 Å². The van der Waals surface area contributed by atoms with Crippen molar-refractivity contribution < 1.29 is 14.3 Å². The van der Waals surface area contributed by atoms with Crippen LogP contribution < -0.4 is 21.1 Å². The summed E-state index contributed by atoms with van der Waals surface area (Å²) < 4.78 is 6.56. The van der Waals surface area contributed by atoms with Gasteiger partial charge in [-0.3, -0.25) is 14.3 Å². The first-order chi connectivity index (χ1) is 12.5. The number of hydrogen-bond donors (Lipinski definition) is 3. The van der Waals surface area contributed by atoms with E-state index in [4.69, 9.17) is 10.5 Å². The van der Waals surface area contributed by atoms with Gasteiger partial charge in [-0.05, 0) is 43.5 Å². The first kappa shape index (κ1) is 17.9. The molecule has 2 aromatic rings. The van der Waals surface area contributed by atoms with Gasteiger partial charge in [-0.25, -0.2) is 0 Å². The highest BCUT2D eigenvalue weighted by atomic mass is 16.5. The summed E-state index contributed by atoms with van der Waals surface area (Å²) in [5.74, 6) is 0.420. The highest BCUT2D eigenvalue weighted by Crippen LogP contribution is 2.25. The molecule has 2 atom stereocenters. The van der Waals surface area contributed by atoms with Gasteiger partial charge in [0.1, 0.15) is 12.3 Å². The van der Waals surface area contributed by atoms with Crippen molar-refractivity contribution in [1.82, 2.24) is 9.78 Å². The van der Waals surface area contributed by atoms with Crippen molar-refractivity contribution in [3.05, 3.63) is 36.7 Å². The van der Waals surface area contributed by atoms with Gasteiger partial charge < -0.3 is 21.1 Å². The molecule has 138 valence electrons. The molecule has 0 bridgehead atoms. The number of benzene rings is 1. The van der Waals surface area contributed by atoms with Crippen LogP contribution in [0, 0.1) is 5.92 Å². The minimum atomic E-state index is -0.210. The summed E-state index contributed by atoms with van der Waals surface area (Å²) in [7, 11) is 1.59. The molecule has 3 rings (SSSR count). The molecule has 1 aliphatic carbocycles. The summed E-state index contributed by atoms with van der Waals surface area (Å²) in [6, 6.07) is 7.17. The van der Waals surface area contributed by atoms with Gasteiger partial charge in [-0.1, -0.05) is 0 Å². The van der Waals surface area contributed by atoms with E-state index in [1.807, 2.05) is 0 Å². The number of anilines is 2. The number of rotatable bonds is 6. The van der Waals surface area contributed by atoms with E-state index in [-0.39, 0.29) is 30.3 Å². The molecule has 0 saturated heterocycles. The molecular weight excluding hydrogens is 334 g/mol. The zero-order valence-corrected chi connectivity index (χ0v) is 14.6. The van der Waals surface area contributed by atoms with E-state index in [0.717, 1.165) is 18.6 Å². The average Bonchev–Trinajstić information content (AvgIpc) is 3.24. The second kappa shape index (κ2) is 8.01. The number of nitrogens with zero attached hydrogens (tertiary/aromatic N) is 2. The van der Waals surface area contributed by atoms with Crippen molar-refractivity contribution in [2.45, 2.75) is 31.8 Å². The van der Waals surface area contributed by atoms with E-state index >= 15 is 0 Å². The van der Waals surface area contributed by atoms with E-state index in [1.165, 1.54) is 10.9 Å². The summed E-state index contributed by atoms with van der Waals surface area (Å²) in [6.45, 7) is 0.0518. The molecule has 2 unspecified atom stereocenters. The number of hydrogen-bond acceptors (Lipinski definition) is 5. The van der Waals surface area contributed by atoms with Gasteiger partial charge >= 0.3 is 0 Å². The Kier molecular flexibility index (Phi) is 5.52. The zero-order chi connectivity index (χ0) is 18.5. The Morgan fingerprint density at radius 2 is 2.00 bits per heavy atom. The lowest BCUT2D eigenvalue weighted by Gasteiger charge is -2.09. The van der Waals surface area contributed by atoms with Gasteiger partial charge in [-0.15, -0.1) is 0 Å². The van der Waals surface area contributed by atoms with Crippen LogP contribution in [-0.4, -0.2) is 34.7 Å². The Morgan fingerprint density at radius 1 is 1.23 bits per heavy atom. The predicted molar refractivity (Wildman–Crippen MR) is 97.8 cm³/mol. The molecular formula is C18H23N5O3. The molecule has 0 radical (unpaired) electrons. The first-order valence-electron chi connectivity index (χ1n) is 8.56. The van der Waals surface area contributed by atoms with Gasteiger partial charge in [0.05, 0.1) is 19.0 Å². The van der Waals surface area contributed by atoms with E-state index in [0.29, 0.717) is 17.8 Å². The number of carbonyl (C=O) groups is 2. The molecule has 8 nitrogen and oxygen atoms in total. The van der Waals surface area contributed by atoms with Crippen LogP contribution in [0.15, 0.2) is 36.7 Å². The van der Waals surface area contributed by atoms with Crippen LogP contribution in [0.3, 0.4) is 0 Å². The largest absolute Gasteiger partial charge is 0.497 e. The molecule has 1 aliphatic rings. The Balaban J connectivity index is 1.50. The van der Waals surface area contributed by atoms with Crippen LogP contribution in [-0.2, 0) is 16.1 Å². The SMILES string of the molecule is COc1ccc(NC(=O)Cn2cc(NC(=O)C3CCC(N)C3)cn2)cc1. The molecule has 26 heavy (non-hydrogen) atoms. The summed E-state index contributed by atoms with van der Waals surface area (Å²) >= 11 is 0. The Bertz CT molecular complexity index is 771. The predicted octanol–water partition coefficient (Wildman–Crippen LogP) is 1.60. The lowest BCUT2D eigenvalue weighted by molar-refractivity contribution is -0.119. The lowest BCUT2D eigenvalue weighted by Crippen LogP contribution is -2.23. The fourth-order valence-electron chi connectivity index (χ4n) is 3.04. The van der Waals surface area contributed by atoms with Crippen molar-refractivity contribution in [3.8, 4) is 5.75 Å². The van der Waals surface area contributed by atoms with Crippen molar-refractivity contribution in [3.63, 3.8) is 0 Å². The number of aromatic nitrogens is 2. The molecule has 1 aromatic heterocycles. The molecule has 1 fully saturated rings. The second-order valence-electron chi connectivity index (χ2n) is 6.46. The fourth-order valence-corrected chi connectivity index (χ4v) is 3.04. The zero-order valence-electron chi connectivity index (χ0n) is 14.6. The summed E-state index contributed by atoms with van der Waals surface area (Å²) in [4.78, 5) is 24.3. The first-order valence-corrected chi connectivity index (χ1v) is 8.56. The third kappa shape index (κ3) is 4.60. The van der Waals surface area contributed by atoms with Crippen molar-refractivity contribution in [2.75, 3.05) is 17.7 Å². The molecule has 8 heteroatoms. The fraction of sp³-hybridized carbons (Fsp3) is 0.389. The number of nitrogens with one attached hydrogen (secondary N) is 2. The van der Waals surface area contributed by atoms with Gasteiger partial charge in [0.15, 0.2) is 0 Å². The van der Waals surface area contributed by atoms with E-state index in [2.05, 4.69) is 15.7 Å². The topological polar surface area (TPSA) is 111 Å². The van der Waals surface area contributed by atoms with Crippen LogP contribution in [0.2, 0.25) is 0 Å². The minimum Gasteiger partial charge on any atom is -0.497 e. The standard InChI is InChI=1S/C18H23N5O3/c1-26-16-6-4-14(5-7-16)21-17(24)11-23-10-15(9-20-23)22-18(25)12-2-3-13(19)8-12/h4-7,9-10,12-13H,2-3,8,11,19H2,1H3,(H,21,24)(H,22,25). The van der Waals surface area contributed by atoms with Gasteiger partial charge in [0.25, 0.3) is 0 Å². The molecule has 1 saturated carbocycles. The number of carbonyl (C=O) groups excluding carboxylic acids is 2. The van der Waals surface area contributed by atoms with Crippen LogP contribution in [0.4, 0.5) is 11.4 Å². The Labute approximate surface area is 151 Å². The Hall–Kier alpha value is -2.87. The molecule has 1 heterocycles. The van der Waals surface area contributed by atoms with Crippen LogP contribution >= 0.6 is 0 Å². The van der Waals surface area contributed by atoms with Crippen LogP contribution in [0.1, 0.15) is 19.3 Å². The number of methoxy groups -OCH3 is 1. The summed E-state index contributed by atoms with van der Waals surface area (Å²) in [6.07, 6.45) is 5.58. The lowest BCUT2D eigenvalue weighted by atomic mass is 10.1. The maximum absolute atomic E-state index is 12.2. The highest BCUT2D eigenvalue weighted by Gasteiger charge is 2.27. The molecule has 2 amide bonds. The molecule has 1 aromatic carbocycles. The molecule has 4 N–H and O–H groups in total. The minimum absolute atomic E-state index is 0.0415. The van der Waals surface area contributed by atoms with Crippen molar-refractivity contribution in [2.24, 2.45) is 11.7 Å². The maximum Gasteiger partial charge on any atom is 0.246 e. The van der Waals surface area contributed by atoms with Crippen LogP contribution in [0.5, 0.6) is 5.75 Å².